The maximum absolute atomic E-state index is 5.76. The van der Waals surface area contributed by atoms with Crippen LogP contribution in [-0.2, 0) is 0 Å². The Hall–Kier alpha value is -2.10. The van der Waals surface area contributed by atoms with Gasteiger partial charge in [-0.25, -0.2) is 9.97 Å². The maximum atomic E-state index is 5.76. The molecule has 67 valence electrons. The van der Waals surface area contributed by atoms with E-state index in [0.717, 1.165) is 16.6 Å². The van der Waals surface area contributed by atoms with Crippen molar-refractivity contribution in [1.29, 1.82) is 0 Å². The SMILES string of the molecule is Nc1nc2c[c]ccc2c2nccn12. The van der Waals surface area contributed by atoms with Crippen molar-refractivity contribution in [3.8, 4) is 0 Å². The van der Waals surface area contributed by atoms with E-state index >= 15 is 0 Å². The van der Waals surface area contributed by atoms with E-state index in [2.05, 4.69) is 16.0 Å². The summed E-state index contributed by atoms with van der Waals surface area (Å²) in [4.78, 5) is 8.48. The minimum atomic E-state index is 0.449. The van der Waals surface area contributed by atoms with Gasteiger partial charge in [0.25, 0.3) is 0 Å². The number of aromatic nitrogens is 3. The van der Waals surface area contributed by atoms with Gasteiger partial charge in [0, 0.05) is 17.8 Å². The summed E-state index contributed by atoms with van der Waals surface area (Å²) in [5.41, 5.74) is 7.42. The van der Waals surface area contributed by atoms with Gasteiger partial charge < -0.3 is 5.73 Å². The fourth-order valence-corrected chi connectivity index (χ4v) is 1.57. The Kier molecular flexibility index (Phi) is 1.28. The predicted octanol–water partition coefficient (Wildman–Crippen LogP) is 1.26. The molecule has 0 saturated carbocycles. The number of benzene rings is 1. The molecule has 0 aliphatic rings. The standard InChI is InChI=1S/C10H7N4/c11-10-13-8-4-2-1-3-7(8)9-12-5-6-14(9)10/h1,3-6H,(H2,11,13). The van der Waals surface area contributed by atoms with Gasteiger partial charge in [0.05, 0.1) is 5.52 Å². The van der Waals surface area contributed by atoms with Crippen LogP contribution in [0, 0.1) is 6.07 Å². The topological polar surface area (TPSA) is 56.2 Å². The van der Waals surface area contributed by atoms with Crippen LogP contribution in [0.2, 0.25) is 0 Å². The summed E-state index contributed by atoms with van der Waals surface area (Å²) in [7, 11) is 0. The number of imidazole rings is 1. The van der Waals surface area contributed by atoms with E-state index in [4.69, 9.17) is 5.73 Å². The lowest BCUT2D eigenvalue weighted by Crippen LogP contribution is -2.00. The van der Waals surface area contributed by atoms with Crippen LogP contribution in [0.25, 0.3) is 16.6 Å². The minimum absolute atomic E-state index is 0.449. The number of nitrogen functional groups attached to an aromatic ring is 1. The molecule has 0 amide bonds. The van der Waals surface area contributed by atoms with E-state index in [1.807, 2.05) is 12.1 Å². The lowest BCUT2D eigenvalue weighted by Gasteiger charge is -2.02. The first kappa shape index (κ1) is 7.32. The largest absolute Gasteiger partial charge is 0.369 e. The summed E-state index contributed by atoms with van der Waals surface area (Å²) in [5, 5.41) is 0.989. The van der Waals surface area contributed by atoms with Crippen LogP contribution in [0.3, 0.4) is 0 Å². The van der Waals surface area contributed by atoms with Crippen LogP contribution in [0.5, 0.6) is 0 Å². The highest BCUT2D eigenvalue weighted by molar-refractivity contribution is 5.92. The zero-order valence-electron chi connectivity index (χ0n) is 7.31. The first-order chi connectivity index (χ1) is 6.86. The van der Waals surface area contributed by atoms with Crippen LogP contribution < -0.4 is 5.73 Å². The first-order valence-electron chi connectivity index (χ1n) is 4.24. The van der Waals surface area contributed by atoms with Crippen molar-refractivity contribution >= 4 is 22.5 Å². The molecule has 0 bridgehead atoms. The molecule has 0 spiro atoms. The third-order valence-electron chi connectivity index (χ3n) is 2.21. The molecule has 0 fully saturated rings. The number of hydrogen-bond donors (Lipinski definition) is 1. The van der Waals surface area contributed by atoms with Crippen LogP contribution in [0.15, 0.2) is 30.6 Å². The average Bonchev–Trinajstić information content (AvgIpc) is 2.67. The molecule has 0 atom stereocenters. The molecular formula is C10H7N4. The zero-order valence-corrected chi connectivity index (χ0v) is 7.31. The molecule has 2 aromatic heterocycles. The van der Waals surface area contributed by atoms with Gasteiger partial charge in [-0.1, -0.05) is 6.07 Å². The molecule has 2 N–H and O–H groups in total. The molecule has 4 heteroatoms. The van der Waals surface area contributed by atoms with E-state index in [0.29, 0.717) is 5.95 Å². The van der Waals surface area contributed by atoms with E-state index in [1.54, 1.807) is 22.9 Å². The Labute approximate surface area is 80.0 Å². The summed E-state index contributed by atoms with van der Waals surface area (Å²) in [6.45, 7) is 0. The van der Waals surface area contributed by atoms with Gasteiger partial charge in [-0.05, 0) is 18.2 Å². The van der Waals surface area contributed by atoms with Crippen molar-refractivity contribution in [3.63, 3.8) is 0 Å². The van der Waals surface area contributed by atoms with Crippen LogP contribution in [0.4, 0.5) is 5.95 Å². The number of hydrogen-bond acceptors (Lipinski definition) is 3. The predicted molar refractivity (Wildman–Crippen MR) is 53.7 cm³/mol. The number of fused-ring (bicyclic) bond motifs is 3. The van der Waals surface area contributed by atoms with Gasteiger partial charge in [0.15, 0.2) is 0 Å². The van der Waals surface area contributed by atoms with Crippen LogP contribution in [-0.4, -0.2) is 14.4 Å². The Morgan fingerprint density at radius 3 is 3.29 bits per heavy atom. The van der Waals surface area contributed by atoms with Gasteiger partial charge in [-0.2, -0.15) is 0 Å². The van der Waals surface area contributed by atoms with Gasteiger partial charge >= 0.3 is 0 Å². The van der Waals surface area contributed by atoms with Gasteiger partial charge in [-0.3, -0.25) is 4.40 Å². The van der Waals surface area contributed by atoms with Crippen LogP contribution >= 0.6 is 0 Å². The molecular weight excluding hydrogens is 176 g/mol. The third-order valence-corrected chi connectivity index (χ3v) is 2.21. The highest BCUT2D eigenvalue weighted by Gasteiger charge is 2.04. The summed E-state index contributed by atoms with van der Waals surface area (Å²) in [6, 6.07) is 8.55. The fourth-order valence-electron chi connectivity index (χ4n) is 1.57. The molecule has 3 rings (SSSR count). The monoisotopic (exact) mass is 183 g/mol. The number of nitrogens with two attached hydrogens (primary N) is 1. The average molecular weight is 183 g/mol. The van der Waals surface area contributed by atoms with Gasteiger partial charge in [0.2, 0.25) is 5.95 Å². The van der Waals surface area contributed by atoms with Crippen molar-refractivity contribution in [2.75, 3.05) is 5.73 Å². The molecule has 0 aliphatic carbocycles. The molecule has 0 unspecified atom stereocenters. The normalized spacial score (nSPS) is 11.1. The van der Waals surface area contributed by atoms with E-state index in [1.165, 1.54) is 0 Å². The zero-order chi connectivity index (χ0) is 9.54. The second-order valence-electron chi connectivity index (χ2n) is 3.03. The molecule has 0 saturated heterocycles. The van der Waals surface area contributed by atoms with Crippen molar-refractivity contribution in [2.45, 2.75) is 0 Å². The number of rotatable bonds is 0. The molecule has 1 radical (unpaired) electrons. The summed E-state index contributed by atoms with van der Waals surface area (Å²) in [6.07, 6.45) is 3.51. The lowest BCUT2D eigenvalue weighted by atomic mass is 10.2. The second kappa shape index (κ2) is 2.45. The molecule has 3 aromatic rings. The summed E-state index contributed by atoms with van der Waals surface area (Å²) < 4.78 is 1.77. The van der Waals surface area contributed by atoms with E-state index in [-0.39, 0.29) is 0 Å². The molecule has 2 heterocycles. The van der Waals surface area contributed by atoms with Crippen molar-refractivity contribution in [2.24, 2.45) is 0 Å². The summed E-state index contributed by atoms with van der Waals surface area (Å²) in [5.74, 6) is 0.449. The molecule has 0 aliphatic heterocycles. The quantitative estimate of drug-likeness (QED) is 0.571. The molecule has 1 aromatic carbocycles. The smallest absolute Gasteiger partial charge is 0.206 e. The Balaban J connectivity index is 2.66. The number of nitrogens with zero attached hydrogens (tertiary/aromatic N) is 3. The Bertz CT molecular complexity index is 612. The maximum Gasteiger partial charge on any atom is 0.206 e. The highest BCUT2D eigenvalue weighted by Crippen LogP contribution is 2.18. The number of anilines is 1. The molecule has 14 heavy (non-hydrogen) atoms. The first-order valence-corrected chi connectivity index (χ1v) is 4.24. The minimum Gasteiger partial charge on any atom is -0.369 e. The Morgan fingerprint density at radius 2 is 2.36 bits per heavy atom. The lowest BCUT2D eigenvalue weighted by molar-refractivity contribution is 1.14. The van der Waals surface area contributed by atoms with Crippen LogP contribution in [0.1, 0.15) is 0 Å². The van der Waals surface area contributed by atoms with Crippen molar-refractivity contribution < 1.29 is 0 Å². The van der Waals surface area contributed by atoms with Gasteiger partial charge in [-0.15, -0.1) is 0 Å². The van der Waals surface area contributed by atoms with Crippen molar-refractivity contribution in [3.05, 3.63) is 36.7 Å². The molecule has 4 nitrogen and oxygen atoms in total. The Morgan fingerprint density at radius 1 is 1.43 bits per heavy atom. The van der Waals surface area contributed by atoms with E-state index < -0.39 is 0 Å². The van der Waals surface area contributed by atoms with Gasteiger partial charge in [0.1, 0.15) is 5.65 Å². The third kappa shape index (κ3) is 0.821. The fraction of sp³-hybridized carbons (Fsp3) is 0. The summed E-state index contributed by atoms with van der Waals surface area (Å²) >= 11 is 0. The second-order valence-corrected chi connectivity index (χ2v) is 3.03. The highest BCUT2D eigenvalue weighted by atomic mass is 15.1. The van der Waals surface area contributed by atoms with E-state index in [9.17, 15) is 0 Å². The van der Waals surface area contributed by atoms with Crippen molar-refractivity contribution in [1.82, 2.24) is 14.4 Å².